The molecule has 0 unspecified atom stereocenters. The molecule has 0 amide bonds. The van der Waals surface area contributed by atoms with Crippen LogP contribution in [0.4, 0.5) is 11.6 Å². The van der Waals surface area contributed by atoms with Crippen LogP contribution in [0.25, 0.3) is 0 Å². The van der Waals surface area contributed by atoms with Gasteiger partial charge in [0.1, 0.15) is 17.5 Å². The number of nitrogens with one attached hydrogen (secondary N) is 1. The van der Waals surface area contributed by atoms with Gasteiger partial charge in [-0.15, -0.1) is 11.3 Å². The molecular weight excluding hydrogens is 268 g/mol. The molecule has 0 atom stereocenters. The Morgan fingerprint density at radius 3 is 2.75 bits per heavy atom. The van der Waals surface area contributed by atoms with E-state index in [4.69, 9.17) is 4.98 Å². The number of rotatable bonds is 7. The van der Waals surface area contributed by atoms with E-state index in [1.807, 2.05) is 13.1 Å². The first-order valence-corrected chi connectivity index (χ1v) is 7.97. The molecule has 20 heavy (non-hydrogen) atoms. The number of nitrogens with zero attached hydrogens (tertiary/aromatic N) is 3. The summed E-state index contributed by atoms with van der Waals surface area (Å²) in [5.41, 5.74) is 0. The molecule has 0 aliphatic rings. The predicted molar refractivity (Wildman–Crippen MR) is 86.6 cm³/mol. The highest BCUT2D eigenvalue weighted by atomic mass is 32.1. The summed E-state index contributed by atoms with van der Waals surface area (Å²) in [6, 6.07) is 6.28. The summed E-state index contributed by atoms with van der Waals surface area (Å²) in [7, 11) is 1.90. The maximum atomic E-state index is 4.70. The second-order valence-electron chi connectivity index (χ2n) is 4.62. The molecule has 0 saturated heterocycles. The largest absolute Gasteiger partial charge is 0.373 e. The van der Waals surface area contributed by atoms with Crippen LogP contribution in [0.1, 0.15) is 31.0 Å². The Morgan fingerprint density at radius 2 is 2.15 bits per heavy atom. The Morgan fingerprint density at radius 1 is 1.30 bits per heavy atom. The third kappa shape index (κ3) is 3.70. The van der Waals surface area contributed by atoms with Crippen LogP contribution in [-0.2, 0) is 13.0 Å². The van der Waals surface area contributed by atoms with Gasteiger partial charge in [0.25, 0.3) is 0 Å². The van der Waals surface area contributed by atoms with Gasteiger partial charge >= 0.3 is 0 Å². The molecule has 0 aromatic carbocycles. The lowest BCUT2D eigenvalue weighted by Gasteiger charge is -2.22. The van der Waals surface area contributed by atoms with Crippen LogP contribution >= 0.6 is 11.3 Å². The van der Waals surface area contributed by atoms with Gasteiger partial charge < -0.3 is 10.2 Å². The van der Waals surface area contributed by atoms with Crippen LogP contribution in [0.2, 0.25) is 0 Å². The van der Waals surface area contributed by atoms with Crippen molar-refractivity contribution < 1.29 is 0 Å². The van der Waals surface area contributed by atoms with E-state index >= 15 is 0 Å². The molecule has 4 nitrogen and oxygen atoms in total. The Kier molecular flexibility index (Phi) is 5.35. The van der Waals surface area contributed by atoms with E-state index in [1.54, 1.807) is 11.3 Å². The van der Waals surface area contributed by atoms with Gasteiger partial charge in [0.05, 0.1) is 6.54 Å². The molecule has 1 N–H and O–H groups in total. The van der Waals surface area contributed by atoms with Gasteiger partial charge in [-0.05, 0) is 24.8 Å². The second kappa shape index (κ2) is 7.24. The van der Waals surface area contributed by atoms with Crippen LogP contribution in [0, 0.1) is 0 Å². The highest BCUT2D eigenvalue weighted by Crippen LogP contribution is 2.20. The van der Waals surface area contributed by atoms with E-state index in [1.165, 1.54) is 4.88 Å². The van der Waals surface area contributed by atoms with Crippen molar-refractivity contribution in [1.29, 1.82) is 0 Å². The average Bonchev–Trinajstić information content (AvgIpc) is 2.97. The summed E-state index contributed by atoms with van der Waals surface area (Å²) in [6.07, 6.45) is 1.97. The predicted octanol–water partition coefficient (Wildman–Crippen LogP) is 3.56. The van der Waals surface area contributed by atoms with Crippen LogP contribution in [-0.4, -0.2) is 23.6 Å². The molecule has 2 aromatic heterocycles. The molecule has 2 heterocycles. The highest BCUT2D eigenvalue weighted by Gasteiger charge is 2.11. The third-order valence-corrected chi connectivity index (χ3v) is 3.98. The highest BCUT2D eigenvalue weighted by molar-refractivity contribution is 7.09. The number of hydrogen-bond acceptors (Lipinski definition) is 5. The van der Waals surface area contributed by atoms with Gasteiger partial charge in [0.15, 0.2) is 0 Å². The zero-order valence-corrected chi connectivity index (χ0v) is 13.2. The molecule has 0 radical (unpaired) electrons. The van der Waals surface area contributed by atoms with Crippen molar-refractivity contribution in [3.05, 3.63) is 34.3 Å². The number of aryl methyl sites for hydroxylation is 1. The van der Waals surface area contributed by atoms with E-state index in [2.05, 4.69) is 46.6 Å². The molecule has 2 aromatic rings. The number of hydrogen-bond donors (Lipinski definition) is 1. The summed E-state index contributed by atoms with van der Waals surface area (Å²) in [4.78, 5) is 12.9. The Bertz CT molecular complexity index is 525. The van der Waals surface area contributed by atoms with Crippen LogP contribution < -0.4 is 10.2 Å². The first-order valence-electron chi connectivity index (χ1n) is 7.09. The maximum Gasteiger partial charge on any atom is 0.134 e. The van der Waals surface area contributed by atoms with Crippen molar-refractivity contribution in [3.8, 4) is 0 Å². The molecule has 2 rings (SSSR count). The molecular formula is C15H22N4S. The van der Waals surface area contributed by atoms with Crippen molar-refractivity contribution in [3.63, 3.8) is 0 Å². The molecule has 0 fully saturated rings. The molecule has 0 aliphatic heterocycles. The Hall–Kier alpha value is -1.62. The van der Waals surface area contributed by atoms with Crippen molar-refractivity contribution >= 4 is 23.0 Å². The SMILES string of the molecule is CCCc1nc(NC)cc(N(CC)Cc2cccs2)n1. The van der Waals surface area contributed by atoms with Crippen LogP contribution in [0.15, 0.2) is 23.6 Å². The molecule has 0 bridgehead atoms. The lowest BCUT2D eigenvalue weighted by atomic mass is 10.3. The minimum absolute atomic E-state index is 0.892. The van der Waals surface area contributed by atoms with E-state index < -0.39 is 0 Å². The number of aromatic nitrogens is 2. The van der Waals surface area contributed by atoms with E-state index in [9.17, 15) is 0 Å². The van der Waals surface area contributed by atoms with Crippen molar-refractivity contribution in [1.82, 2.24) is 9.97 Å². The quantitative estimate of drug-likeness (QED) is 0.846. The topological polar surface area (TPSA) is 41.1 Å². The Balaban J connectivity index is 2.25. The summed E-state index contributed by atoms with van der Waals surface area (Å²) in [5, 5.41) is 5.24. The fourth-order valence-corrected chi connectivity index (χ4v) is 2.77. The van der Waals surface area contributed by atoms with Crippen LogP contribution in [0.5, 0.6) is 0 Å². The first-order chi connectivity index (χ1) is 9.76. The normalized spacial score (nSPS) is 10.6. The number of anilines is 2. The molecule has 0 saturated carbocycles. The molecule has 0 aliphatic carbocycles. The lowest BCUT2D eigenvalue weighted by molar-refractivity contribution is 0.786. The zero-order chi connectivity index (χ0) is 14.4. The Labute approximate surface area is 124 Å². The zero-order valence-electron chi connectivity index (χ0n) is 12.4. The smallest absolute Gasteiger partial charge is 0.134 e. The fourth-order valence-electron chi connectivity index (χ4n) is 2.05. The van der Waals surface area contributed by atoms with Gasteiger partial charge in [0.2, 0.25) is 0 Å². The van der Waals surface area contributed by atoms with E-state index in [-0.39, 0.29) is 0 Å². The standard InChI is InChI=1S/C15H22N4S/c1-4-7-13-17-14(16-3)10-15(18-13)19(5-2)11-12-8-6-9-20-12/h6,8-10H,4-5,7,11H2,1-3H3,(H,16,17,18). The first kappa shape index (κ1) is 14.8. The van der Waals surface area contributed by atoms with Gasteiger partial charge in [-0.3, -0.25) is 0 Å². The van der Waals surface area contributed by atoms with E-state index in [0.717, 1.165) is 43.4 Å². The summed E-state index contributed by atoms with van der Waals surface area (Å²) < 4.78 is 0. The minimum atomic E-state index is 0.892. The molecule has 0 spiro atoms. The van der Waals surface area contributed by atoms with Crippen LogP contribution in [0.3, 0.4) is 0 Å². The maximum absolute atomic E-state index is 4.70. The summed E-state index contributed by atoms with van der Waals surface area (Å²) in [6.45, 7) is 6.15. The van der Waals surface area contributed by atoms with Gasteiger partial charge in [-0.2, -0.15) is 0 Å². The van der Waals surface area contributed by atoms with Crippen molar-refractivity contribution in [2.24, 2.45) is 0 Å². The average molecular weight is 290 g/mol. The van der Waals surface area contributed by atoms with Gasteiger partial charge in [-0.25, -0.2) is 9.97 Å². The summed E-state index contributed by atoms with van der Waals surface area (Å²) >= 11 is 1.79. The second-order valence-corrected chi connectivity index (χ2v) is 5.65. The molecule has 108 valence electrons. The van der Waals surface area contributed by atoms with Crippen molar-refractivity contribution in [2.45, 2.75) is 33.2 Å². The minimum Gasteiger partial charge on any atom is -0.373 e. The van der Waals surface area contributed by atoms with E-state index in [0.29, 0.717) is 0 Å². The van der Waals surface area contributed by atoms with Gasteiger partial charge in [0, 0.05) is 31.0 Å². The lowest BCUT2D eigenvalue weighted by Crippen LogP contribution is -2.23. The fraction of sp³-hybridized carbons (Fsp3) is 0.467. The number of thiophene rings is 1. The van der Waals surface area contributed by atoms with Crippen molar-refractivity contribution in [2.75, 3.05) is 23.8 Å². The summed E-state index contributed by atoms with van der Waals surface area (Å²) in [5.74, 6) is 2.81. The van der Waals surface area contributed by atoms with Gasteiger partial charge in [-0.1, -0.05) is 13.0 Å². The third-order valence-electron chi connectivity index (χ3n) is 3.12. The molecule has 5 heteroatoms. The monoisotopic (exact) mass is 290 g/mol.